The quantitative estimate of drug-likeness (QED) is 0.257. The molecule has 232 valence electrons. The summed E-state index contributed by atoms with van der Waals surface area (Å²) in [4.78, 5) is 36.5. The van der Waals surface area contributed by atoms with Crippen molar-refractivity contribution in [3.8, 4) is 22.5 Å². The third kappa shape index (κ3) is 5.79. The van der Waals surface area contributed by atoms with Gasteiger partial charge in [0.2, 0.25) is 5.91 Å². The summed E-state index contributed by atoms with van der Waals surface area (Å²) in [7, 11) is 0. The Balaban J connectivity index is 1.53. The summed E-state index contributed by atoms with van der Waals surface area (Å²) in [5, 5.41) is 5.83. The molecule has 0 radical (unpaired) electrons. The Kier molecular flexibility index (Phi) is 8.37. The van der Waals surface area contributed by atoms with Crippen molar-refractivity contribution in [3.05, 3.63) is 58.2 Å². The molecule has 2 atom stereocenters. The van der Waals surface area contributed by atoms with Gasteiger partial charge >= 0.3 is 5.97 Å². The highest BCUT2D eigenvalue weighted by molar-refractivity contribution is 7.10. The Morgan fingerprint density at radius 2 is 2.02 bits per heavy atom. The molecular formula is C35H43N5O3S. The molecule has 0 unspecified atom stereocenters. The molecule has 0 spiro atoms. The van der Waals surface area contributed by atoms with Gasteiger partial charge in [-0.3, -0.25) is 19.6 Å². The maximum Gasteiger partial charge on any atom is 0.324 e. The van der Waals surface area contributed by atoms with Crippen LogP contribution in [-0.2, 0) is 33.7 Å². The van der Waals surface area contributed by atoms with E-state index in [-0.39, 0.29) is 35.7 Å². The summed E-state index contributed by atoms with van der Waals surface area (Å²) < 4.78 is 8.40. The minimum absolute atomic E-state index is 0.0173. The van der Waals surface area contributed by atoms with Crippen LogP contribution >= 0.6 is 11.3 Å². The van der Waals surface area contributed by atoms with Crippen LogP contribution in [-0.4, -0.2) is 50.6 Å². The average Bonchev–Trinajstić information content (AvgIpc) is 3.60. The van der Waals surface area contributed by atoms with Crippen molar-refractivity contribution in [1.29, 1.82) is 0 Å². The molecule has 6 bridgehead atoms. The number of nitrogens with zero attached hydrogens (tertiary/aromatic N) is 4. The number of aromatic nitrogens is 3. The van der Waals surface area contributed by atoms with E-state index in [1.807, 2.05) is 19.2 Å². The number of cyclic esters (lactones) is 1. The third-order valence-electron chi connectivity index (χ3n) is 8.87. The first kappa shape index (κ1) is 30.5. The van der Waals surface area contributed by atoms with E-state index in [1.54, 1.807) is 16.3 Å². The standard InChI is InChI=1S/C35H43N5O3S/c1-7-39-29-13-12-23-17-25(29)26(32(39)24-10-8-14-36-31(24)21(2)3)18-35(5,6)20-43-34(42)27-11-9-15-40(38-27)33(41)22(4)16-30-37-28(23)19-44-30/h8,10,12-14,17,19,21-22,27,38H,7,9,11,15-16,18,20H2,1-6H3/t22-,27-/m0/s1. The van der Waals surface area contributed by atoms with Crippen LogP contribution in [0.15, 0.2) is 41.9 Å². The number of nitrogens with one attached hydrogen (secondary N) is 1. The summed E-state index contributed by atoms with van der Waals surface area (Å²) in [5.74, 6) is -0.326. The Hall–Kier alpha value is -3.56. The average molecular weight is 614 g/mol. The first-order chi connectivity index (χ1) is 21.1. The number of thiazole rings is 1. The Morgan fingerprint density at radius 1 is 1.20 bits per heavy atom. The Morgan fingerprint density at radius 3 is 2.80 bits per heavy atom. The van der Waals surface area contributed by atoms with E-state index in [9.17, 15) is 9.59 Å². The molecule has 3 aromatic heterocycles. The fourth-order valence-electron chi connectivity index (χ4n) is 6.64. The lowest BCUT2D eigenvalue weighted by molar-refractivity contribution is -0.155. The molecule has 5 heterocycles. The molecule has 8 nitrogen and oxygen atoms in total. The molecule has 0 saturated carbocycles. The highest BCUT2D eigenvalue weighted by Crippen LogP contribution is 2.41. The van der Waals surface area contributed by atoms with E-state index in [2.05, 4.69) is 74.3 Å². The van der Waals surface area contributed by atoms with Crippen LogP contribution in [0.2, 0.25) is 0 Å². The number of ether oxygens (including phenoxy) is 1. The molecule has 44 heavy (non-hydrogen) atoms. The minimum atomic E-state index is -0.537. The monoisotopic (exact) mass is 613 g/mol. The predicted octanol–water partition coefficient (Wildman–Crippen LogP) is 6.77. The Labute approximate surface area is 263 Å². The van der Waals surface area contributed by atoms with Gasteiger partial charge in [0, 0.05) is 64.4 Å². The minimum Gasteiger partial charge on any atom is -0.464 e. The van der Waals surface area contributed by atoms with Crippen LogP contribution in [0.1, 0.15) is 76.6 Å². The van der Waals surface area contributed by atoms with Crippen LogP contribution in [0, 0.1) is 11.3 Å². The number of hydrogen-bond acceptors (Lipinski definition) is 7. The lowest BCUT2D eigenvalue weighted by Crippen LogP contribution is -2.56. The van der Waals surface area contributed by atoms with Gasteiger partial charge in [0.15, 0.2) is 0 Å². The number of rotatable bonds is 3. The number of esters is 1. The van der Waals surface area contributed by atoms with Crippen LogP contribution in [0.4, 0.5) is 0 Å². The number of hydrazine groups is 1. The first-order valence-corrected chi connectivity index (χ1v) is 16.7. The number of carbonyl (C=O) groups is 2. The topological polar surface area (TPSA) is 89.4 Å². The largest absolute Gasteiger partial charge is 0.464 e. The molecule has 2 aliphatic rings. The van der Waals surface area contributed by atoms with E-state index in [0.717, 1.165) is 40.5 Å². The van der Waals surface area contributed by atoms with Crippen LogP contribution in [0.5, 0.6) is 0 Å². The van der Waals surface area contributed by atoms with Gasteiger partial charge in [0.05, 0.1) is 28.7 Å². The first-order valence-electron chi connectivity index (χ1n) is 15.9. The summed E-state index contributed by atoms with van der Waals surface area (Å²) in [5.41, 5.74) is 10.6. The number of aryl methyl sites for hydroxylation is 1. The zero-order valence-electron chi connectivity index (χ0n) is 26.6. The lowest BCUT2D eigenvalue weighted by atomic mass is 9.84. The van der Waals surface area contributed by atoms with Crippen LogP contribution in [0.25, 0.3) is 33.4 Å². The molecule has 1 fully saturated rings. The molecule has 6 rings (SSSR count). The van der Waals surface area contributed by atoms with Gasteiger partial charge in [-0.15, -0.1) is 11.3 Å². The van der Waals surface area contributed by atoms with Gasteiger partial charge < -0.3 is 9.30 Å². The zero-order valence-corrected chi connectivity index (χ0v) is 27.5. The molecular weight excluding hydrogens is 570 g/mol. The van der Waals surface area contributed by atoms with E-state index in [4.69, 9.17) is 14.7 Å². The fourth-order valence-corrected chi connectivity index (χ4v) is 7.57. The highest BCUT2D eigenvalue weighted by Gasteiger charge is 2.34. The molecule has 1 N–H and O–H groups in total. The van der Waals surface area contributed by atoms with Crippen molar-refractivity contribution in [3.63, 3.8) is 0 Å². The number of benzene rings is 1. The number of hydrogen-bond donors (Lipinski definition) is 1. The van der Waals surface area contributed by atoms with E-state index in [1.165, 1.54) is 22.2 Å². The van der Waals surface area contributed by atoms with Gasteiger partial charge in [-0.05, 0) is 61.9 Å². The summed E-state index contributed by atoms with van der Waals surface area (Å²) in [6.07, 6.45) is 4.52. The maximum absolute atomic E-state index is 13.3. The van der Waals surface area contributed by atoms with Crippen LogP contribution in [0.3, 0.4) is 0 Å². The molecule has 9 heteroatoms. The highest BCUT2D eigenvalue weighted by atomic mass is 32.1. The predicted molar refractivity (Wildman–Crippen MR) is 175 cm³/mol. The van der Waals surface area contributed by atoms with Crippen molar-refractivity contribution in [2.45, 2.75) is 85.7 Å². The van der Waals surface area contributed by atoms with Crippen molar-refractivity contribution in [2.24, 2.45) is 11.3 Å². The van der Waals surface area contributed by atoms with Crippen molar-refractivity contribution in [1.82, 2.24) is 25.0 Å². The number of fused-ring (bicyclic) bond motifs is 6. The number of carbonyl (C=O) groups excluding carboxylic acids is 2. The van der Waals surface area contributed by atoms with Crippen molar-refractivity contribution in [2.75, 3.05) is 13.2 Å². The molecule has 2 aliphatic heterocycles. The molecule has 1 amide bonds. The SMILES string of the molecule is CCn1c(-c2cccnc2C(C)C)c2c3cc(ccc31)-c1csc(n1)C[C@H](C)C(=O)N1CCC[C@H](N1)C(=O)OCC(C)(C)C2. The number of pyridine rings is 1. The summed E-state index contributed by atoms with van der Waals surface area (Å²) in [6, 6.07) is 10.3. The normalized spacial score (nSPS) is 21.0. The summed E-state index contributed by atoms with van der Waals surface area (Å²) in [6.45, 7) is 14.5. The lowest BCUT2D eigenvalue weighted by Gasteiger charge is -2.35. The van der Waals surface area contributed by atoms with E-state index in [0.29, 0.717) is 25.8 Å². The van der Waals surface area contributed by atoms with Crippen molar-refractivity contribution >= 4 is 34.1 Å². The second-order valence-electron chi connectivity index (χ2n) is 13.4. The molecule has 4 aromatic rings. The van der Waals surface area contributed by atoms with E-state index >= 15 is 0 Å². The van der Waals surface area contributed by atoms with Crippen molar-refractivity contribution < 1.29 is 14.3 Å². The van der Waals surface area contributed by atoms with E-state index < -0.39 is 6.04 Å². The maximum atomic E-state index is 13.3. The van der Waals surface area contributed by atoms with Gasteiger partial charge in [-0.1, -0.05) is 40.7 Å². The molecule has 1 saturated heterocycles. The Bertz CT molecular complexity index is 1700. The second-order valence-corrected chi connectivity index (χ2v) is 14.3. The van der Waals surface area contributed by atoms with Gasteiger partial charge in [0.25, 0.3) is 0 Å². The van der Waals surface area contributed by atoms with Gasteiger partial charge in [-0.2, -0.15) is 0 Å². The van der Waals surface area contributed by atoms with Crippen LogP contribution < -0.4 is 5.43 Å². The molecule has 0 aliphatic carbocycles. The summed E-state index contributed by atoms with van der Waals surface area (Å²) >= 11 is 1.60. The third-order valence-corrected chi connectivity index (χ3v) is 9.74. The molecule has 1 aromatic carbocycles. The zero-order chi connectivity index (χ0) is 31.2. The number of amides is 1. The van der Waals surface area contributed by atoms with Gasteiger partial charge in [0.1, 0.15) is 6.04 Å². The smallest absolute Gasteiger partial charge is 0.324 e. The van der Waals surface area contributed by atoms with Gasteiger partial charge in [-0.25, -0.2) is 10.4 Å². The fraction of sp³-hybridized carbons (Fsp3) is 0.486. The second kappa shape index (κ2) is 12.1.